The molecule has 1 fully saturated rings. The van der Waals surface area contributed by atoms with Crippen LogP contribution in [0.3, 0.4) is 0 Å². The van der Waals surface area contributed by atoms with Crippen molar-refractivity contribution in [2.75, 3.05) is 32.6 Å². The van der Waals surface area contributed by atoms with Gasteiger partial charge in [0.25, 0.3) is 11.5 Å². The van der Waals surface area contributed by atoms with E-state index < -0.39 is 0 Å². The Morgan fingerprint density at radius 1 is 1.05 bits per heavy atom. The summed E-state index contributed by atoms with van der Waals surface area (Å²) < 4.78 is 5.23. The minimum Gasteiger partial charge on any atom is -0.378 e. The zero-order valence-corrected chi connectivity index (χ0v) is 25.6. The topological polar surface area (TPSA) is 90.6 Å². The van der Waals surface area contributed by atoms with Gasteiger partial charge in [0, 0.05) is 66.6 Å². The average Bonchev–Trinajstić information content (AvgIpc) is 2.94. The first-order chi connectivity index (χ1) is 19.6. The van der Waals surface area contributed by atoms with Crippen molar-refractivity contribution in [3.05, 3.63) is 80.5 Å². The Morgan fingerprint density at radius 2 is 1.76 bits per heavy atom. The van der Waals surface area contributed by atoms with Crippen LogP contribution in [-0.4, -0.2) is 60.6 Å². The number of aromatic nitrogens is 2. The van der Waals surface area contributed by atoms with Crippen molar-refractivity contribution in [3.8, 4) is 11.1 Å². The predicted molar refractivity (Wildman–Crippen MR) is 166 cm³/mol. The van der Waals surface area contributed by atoms with Crippen molar-refractivity contribution >= 4 is 11.6 Å². The second-order valence-corrected chi connectivity index (χ2v) is 11.5. The summed E-state index contributed by atoms with van der Waals surface area (Å²) in [5.74, 6) is -0.193. The van der Waals surface area contributed by atoms with Gasteiger partial charge in [-0.3, -0.25) is 14.6 Å². The third kappa shape index (κ3) is 7.05. The SMILES string of the molecule is CCN(c1cc(-c2ccc(COC)nc2)cc(C(=O)NCc2c(C)cc(C)[nH]c2=O)c1C)[C@H]1CC[C@H](N(C)C)CC1. The van der Waals surface area contributed by atoms with E-state index in [1.807, 2.05) is 51.2 Å². The Hall–Kier alpha value is -3.49. The monoisotopic (exact) mass is 559 g/mol. The Morgan fingerprint density at radius 3 is 2.34 bits per heavy atom. The summed E-state index contributed by atoms with van der Waals surface area (Å²) in [6, 6.07) is 11.1. The minimum absolute atomic E-state index is 0.165. The van der Waals surface area contributed by atoms with Gasteiger partial charge < -0.3 is 24.8 Å². The van der Waals surface area contributed by atoms with Crippen LogP contribution in [0.25, 0.3) is 11.1 Å². The van der Waals surface area contributed by atoms with E-state index in [9.17, 15) is 9.59 Å². The highest BCUT2D eigenvalue weighted by molar-refractivity contribution is 5.99. The Labute approximate surface area is 244 Å². The van der Waals surface area contributed by atoms with Gasteiger partial charge in [-0.15, -0.1) is 0 Å². The number of hydrogen-bond acceptors (Lipinski definition) is 6. The molecule has 0 saturated heterocycles. The van der Waals surface area contributed by atoms with Gasteiger partial charge in [0.15, 0.2) is 0 Å². The molecule has 2 N–H and O–H groups in total. The van der Waals surface area contributed by atoms with Crippen LogP contribution in [0.2, 0.25) is 0 Å². The lowest BCUT2D eigenvalue weighted by molar-refractivity contribution is 0.0950. The number of carbonyl (C=O) groups excluding carboxylic acids is 1. The standard InChI is InChI=1S/C33H45N5O3/c1-8-38(28-13-11-27(12-14-28)37(5)6)31-17-25(24-9-10-26(20-41-7)34-18-24)16-29(23(31)4)32(39)35-19-30-21(2)15-22(3)36-33(30)40/h9-10,15-18,27-28H,8,11-14,19-20H2,1-7H3,(H,35,39)(H,36,40)/t27-,28-. The van der Waals surface area contributed by atoms with E-state index in [1.54, 1.807) is 7.11 Å². The molecule has 41 heavy (non-hydrogen) atoms. The summed E-state index contributed by atoms with van der Waals surface area (Å²) in [6.45, 7) is 9.45. The number of aryl methyl sites for hydroxylation is 2. The smallest absolute Gasteiger partial charge is 0.253 e. The molecule has 3 aromatic rings. The van der Waals surface area contributed by atoms with Crippen molar-refractivity contribution in [3.63, 3.8) is 0 Å². The molecule has 1 saturated carbocycles. The van der Waals surface area contributed by atoms with Gasteiger partial charge in [-0.05, 0) is 108 Å². The number of carbonyl (C=O) groups is 1. The van der Waals surface area contributed by atoms with Crippen LogP contribution in [-0.2, 0) is 17.9 Å². The number of hydrogen-bond donors (Lipinski definition) is 2. The molecule has 0 aliphatic heterocycles. The van der Waals surface area contributed by atoms with E-state index in [0.29, 0.717) is 29.8 Å². The van der Waals surface area contributed by atoms with Crippen LogP contribution in [0.1, 0.15) is 71.0 Å². The summed E-state index contributed by atoms with van der Waals surface area (Å²) in [7, 11) is 5.99. The fourth-order valence-corrected chi connectivity index (χ4v) is 6.10. The molecule has 8 nitrogen and oxygen atoms in total. The number of nitrogens with zero attached hydrogens (tertiary/aromatic N) is 3. The van der Waals surface area contributed by atoms with Crippen molar-refractivity contribution < 1.29 is 9.53 Å². The Balaban J connectivity index is 1.70. The number of aromatic amines is 1. The minimum atomic E-state index is -0.193. The molecule has 1 amide bonds. The maximum absolute atomic E-state index is 13.7. The summed E-state index contributed by atoms with van der Waals surface area (Å²) >= 11 is 0. The number of nitrogens with one attached hydrogen (secondary N) is 2. The van der Waals surface area contributed by atoms with Gasteiger partial charge in [0.05, 0.1) is 12.3 Å². The molecule has 4 rings (SSSR count). The summed E-state index contributed by atoms with van der Waals surface area (Å²) in [4.78, 5) is 38.5. The molecule has 0 bridgehead atoms. The number of H-pyrrole nitrogens is 1. The van der Waals surface area contributed by atoms with E-state index in [1.165, 1.54) is 0 Å². The van der Waals surface area contributed by atoms with Crippen LogP contribution in [0.5, 0.6) is 0 Å². The van der Waals surface area contributed by atoms with Gasteiger partial charge in [0.1, 0.15) is 0 Å². The third-order valence-corrected chi connectivity index (χ3v) is 8.48. The van der Waals surface area contributed by atoms with Gasteiger partial charge >= 0.3 is 0 Å². The fourth-order valence-electron chi connectivity index (χ4n) is 6.10. The molecule has 0 spiro atoms. The maximum Gasteiger partial charge on any atom is 0.253 e. The van der Waals surface area contributed by atoms with E-state index in [-0.39, 0.29) is 18.0 Å². The van der Waals surface area contributed by atoms with Gasteiger partial charge in [0.2, 0.25) is 0 Å². The largest absolute Gasteiger partial charge is 0.378 e. The molecule has 1 aromatic carbocycles. The highest BCUT2D eigenvalue weighted by atomic mass is 16.5. The van der Waals surface area contributed by atoms with E-state index in [4.69, 9.17) is 4.74 Å². The molecule has 2 heterocycles. The Kier molecular flexibility index (Phi) is 9.99. The third-order valence-electron chi connectivity index (χ3n) is 8.48. The quantitative estimate of drug-likeness (QED) is 0.358. The maximum atomic E-state index is 13.7. The van der Waals surface area contributed by atoms with Gasteiger partial charge in [-0.1, -0.05) is 6.07 Å². The van der Waals surface area contributed by atoms with Crippen LogP contribution < -0.4 is 15.8 Å². The van der Waals surface area contributed by atoms with Crippen molar-refractivity contribution in [2.24, 2.45) is 0 Å². The van der Waals surface area contributed by atoms with Crippen LogP contribution >= 0.6 is 0 Å². The first-order valence-corrected chi connectivity index (χ1v) is 14.6. The first kappa shape index (κ1) is 30.5. The van der Waals surface area contributed by atoms with Gasteiger partial charge in [-0.2, -0.15) is 0 Å². The highest BCUT2D eigenvalue weighted by Crippen LogP contribution is 2.35. The van der Waals surface area contributed by atoms with Crippen LogP contribution in [0.15, 0.2) is 41.3 Å². The molecule has 0 unspecified atom stereocenters. The molecular weight excluding hydrogens is 514 g/mol. The van der Waals surface area contributed by atoms with Gasteiger partial charge in [-0.25, -0.2) is 0 Å². The summed E-state index contributed by atoms with van der Waals surface area (Å²) in [6.07, 6.45) is 6.40. The molecule has 1 aliphatic carbocycles. The molecule has 220 valence electrons. The predicted octanol–water partition coefficient (Wildman–Crippen LogP) is 5.14. The van der Waals surface area contributed by atoms with E-state index in [2.05, 4.69) is 52.2 Å². The number of rotatable bonds is 10. The molecule has 8 heteroatoms. The number of pyridine rings is 2. The molecule has 1 aliphatic rings. The second-order valence-electron chi connectivity index (χ2n) is 11.5. The molecule has 0 radical (unpaired) electrons. The summed E-state index contributed by atoms with van der Waals surface area (Å²) in [5.41, 5.74) is 7.45. The van der Waals surface area contributed by atoms with Crippen molar-refractivity contribution in [2.45, 2.75) is 78.6 Å². The number of benzene rings is 1. The normalized spacial score (nSPS) is 17.1. The lowest BCUT2D eigenvalue weighted by atomic mass is 9.88. The number of methoxy groups -OCH3 is 1. The first-order valence-electron chi connectivity index (χ1n) is 14.6. The lowest BCUT2D eigenvalue weighted by Gasteiger charge is -2.40. The number of amides is 1. The average molecular weight is 560 g/mol. The van der Waals surface area contributed by atoms with Crippen molar-refractivity contribution in [1.29, 1.82) is 0 Å². The van der Waals surface area contributed by atoms with Crippen LogP contribution in [0.4, 0.5) is 5.69 Å². The zero-order chi connectivity index (χ0) is 29.7. The second kappa shape index (κ2) is 13.4. The van der Waals surface area contributed by atoms with E-state index >= 15 is 0 Å². The van der Waals surface area contributed by atoms with E-state index in [0.717, 1.165) is 71.6 Å². The number of ether oxygens (including phenoxy) is 1. The molecule has 0 atom stereocenters. The summed E-state index contributed by atoms with van der Waals surface area (Å²) in [5, 5.41) is 3.03. The molecule has 2 aromatic heterocycles. The number of anilines is 1. The van der Waals surface area contributed by atoms with Crippen LogP contribution in [0, 0.1) is 20.8 Å². The lowest BCUT2D eigenvalue weighted by Crippen LogP contribution is -2.42. The highest BCUT2D eigenvalue weighted by Gasteiger charge is 2.28. The van der Waals surface area contributed by atoms with Crippen molar-refractivity contribution in [1.82, 2.24) is 20.2 Å². The molecular formula is C33H45N5O3. The Bertz CT molecular complexity index is 1410. The zero-order valence-electron chi connectivity index (χ0n) is 25.6. The fraction of sp³-hybridized carbons (Fsp3) is 0.485.